The SMILES string of the molecule is COc1cc(CN)ccc1N1C(=O)c2ccccc2C1=O. The molecule has 2 aromatic rings. The van der Waals surface area contributed by atoms with Crippen molar-refractivity contribution in [1.82, 2.24) is 0 Å². The van der Waals surface area contributed by atoms with Crippen LogP contribution in [-0.4, -0.2) is 18.9 Å². The maximum Gasteiger partial charge on any atom is 0.266 e. The van der Waals surface area contributed by atoms with Crippen LogP contribution in [0.5, 0.6) is 5.75 Å². The minimum absolute atomic E-state index is 0.339. The van der Waals surface area contributed by atoms with Crippen LogP contribution >= 0.6 is 0 Å². The number of rotatable bonds is 3. The third-order valence-electron chi connectivity index (χ3n) is 3.51. The van der Waals surface area contributed by atoms with Crippen molar-refractivity contribution in [3.8, 4) is 5.75 Å². The highest BCUT2D eigenvalue weighted by molar-refractivity contribution is 6.34. The van der Waals surface area contributed by atoms with E-state index in [1.165, 1.54) is 7.11 Å². The van der Waals surface area contributed by atoms with Crippen molar-refractivity contribution in [1.29, 1.82) is 0 Å². The van der Waals surface area contributed by atoms with Crippen LogP contribution < -0.4 is 15.4 Å². The van der Waals surface area contributed by atoms with Gasteiger partial charge < -0.3 is 10.5 Å². The summed E-state index contributed by atoms with van der Waals surface area (Å²) in [6.45, 7) is 0.360. The van der Waals surface area contributed by atoms with Gasteiger partial charge in [-0.15, -0.1) is 0 Å². The van der Waals surface area contributed by atoms with E-state index >= 15 is 0 Å². The van der Waals surface area contributed by atoms with E-state index in [1.54, 1.807) is 42.5 Å². The monoisotopic (exact) mass is 282 g/mol. The van der Waals surface area contributed by atoms with E-state index in [9.17, 15) is 9.59 Å². The number of methoxy groups -OCH3 is 1. The molecular weight excluding hydrogens is 268 g/mol. The summed E-state index contributed by atoms with van der Waals surface area (Å²) in [6, 6.07) is 12.0. The van der Waals surface area contributed by atoms with Crippen molar-refractivity contribution in [3.05, 3.63) is 59.2 Å². The molecule has 0 saturated heterocycles. The molecule has 0 aliphatic carbocycles. The second-order valence-corrected chi connectivity index (χ2v) is 4.70. The number of carbonyl (C=O) groups is 2. The smallest absolute Gasteiger partial charge is 0.266 e. The summed E-state index contributed by atoms with van der Waals surface area (Å²) in [4.78, 5) is 26.1. The van der Waals surface area contributed by atoms with Gasteiger partial charge in [0.2, 0.25) is 0 Å². The van der Waals surface area contributed by atoms with Gasteiger partial charge in [0.05, 0.1) is 23.9 Å². The maximum atomic E-state index is 12.5. The first kappa shape index (κ1) is 13.3. The van der Waals surface area contributed by atoms with Gasteiger partial charge in [-0.25, -0.2) is 4.90 Å². The van der Waals surface area contributed by atoms with E-state index in [1.807, 2.05) is 0 Å². The average molecular weight is 282 g/mol. The van der Waals surface area contributed by atoms with Gasteiger partial charge in [0.25, 0.3) is 11.8 Å². The predicted molar refractivity (Wildman–Crippen MR) is 78.5 cm³/mol. The van der Waals surface area contributed by atoms with Crippen molar-refractivity contribution < 1.29 is 14.3 Å². The molecular formula is C16H14N2O3. The molecule has 1 aliphatic rings. The Bertz CT molecular complexity index is 705. The van der Waals surface area contributed by atoms with Crippen LogP contribution in [0.15, 0.2) is 42.5 Å². The number of nitrogens with two attached hydrogens (primary N) is 1. The van der Waals surface area contributed by atoms with Crippen molar-refractivity contribution in [2.75, 3.05) is 12.0 Å². The highest BCUT2D eigenvalue weighted by atomic mass is 16.5. The van der Waals surface area contributed by atoms with Gasteiger partial charge in [-0.2, -0.15) is 0 Å². The fourth-order valence-electron chi connectivity index (χ4n) is 2.44. The molecule has 21 heavy (non-hydrogen) atoms. The van der Waals surface area contributed by atoms with Gasteiger partial charge in [0.15, 0.2) is 0 Å². The molecule has 0 unspecified atom stereocenters. The van der Waals surface area contributed by atoms with E-state index in [4.69, 9.17) is 10.5 Å². The van der Waals surface area contributed by atoms with E-state index in [0.717, 1.165) is 10.5 Å². The Morgan fingerprint density at radius 3 is 2.19 bits per heavy atom. The second kappa shape index (κ2) is 5.03. The summed E-state index contributed by atoms with van der Waals surface area (Å²) in [5, 5.41) is 0. The number of nitrogens with zero attached hydrogens (tertiary/aromatic N) is 1. The Labute approximate surface area is 121 Å². The number of benzene rings is 2. The van der Waals surface area contributed by atoms with Gasteiger partial charge in [0.1, 0.15) is 5.75 Å². The van der Waals surface area contributed by atoms with Crippen LogP contribution in [-0.2, 0) is 6.54 Å². The lowest BCUT2D eigenvalue weighted by molar-refractivity contribution is 0.0925. The molecule has 5 nitrogen and oxygen atoms in total. The molecule has 3 rings (SSSR count). The molecule has 106 valence electrons. The maximum absolute atomic E-state index is 12.5. The van der Waals surface area contributed by atoms with E-state index < -0.39 is 0 Å². The van der Waals surface area contributed by atoms with Gasteiger partial charge in [0, 0.05) is 6.54 Å². The van der Waals surface area contributed by atoms with Gasteiger partial charge in [-0.05, 0) is 29.8 Å². The van der Waals surface area contributed by atoms with Crippen LogP contribution in [0.25, 0.3) is 0 Å². The normalized spacial score (nSPS) is 13.5. The Balaban J connectivity index is 2.11. The second-order valence-electron chi connectivity index (χ2n) is 4.70. The van der Waals surface area contributed by atoms with Gasteiger partial charge in [-0.1, -0.05) is 18.2 Å². The van der Waals surface area contributed by atoms with Crippen molar-refractivity contribution in [3.63, 3.8) is 0 Å². The van der Waals surface area contributed by atoms with Crippen molar-refractivity contribution >= 4 is 17.5 Å². The minimum atomic E-state index is -0.339. The van der Waals surface area contributed by atoms with Crippen LogP contribution in [0.4, 0.5) is 5.69 Å². The lowest BCUT2D eigenvalue weighted by Crippen LogP contribution is -2.29. The quantitative estimate of drug-likeness (QED) is 0.873. The summed E-state index contributed by atoms with van der Waals surface area (Å²) >= 11 is 0. The number of anilines is 1. The molecule has 1 aliphatic heterocycles. The van der Waals surface area contributed by atoms with Gasteiger partial charge in [-0.3, -0.25) is 9.59 Å². The lowest BCUT2D eigenvalue weighted by Gasteiger charge is -2.18. The number of ether oxygens (including phenoxy) is 1. The molecule has 0 fully saturated rings. The Morgan fingerprint density at radius 1 is 1.05 bits per heavy atom. The van der Waals surface area contributed by atoms with Crippen LogP contribution in [0, 0.1) is 0 Å². The fraction of sp³-hybridized carbons (Fsp3) is 0.125. The first-order chi connectivity index (χ1) is 10.2. The zero-order valence-electron chi connectivity index (χ0n) is 11.5. The summed E-state index contributed by atoms with van der Waals surface area (Å²) in [6.07, 6.45) is 0. The summed E-state index contributed by atoms with van der Waals surface area (Å²) in [7, 11) is 1.50. The predicted octanol–water partition coefficient (Wildman–Crippen LogP) is 1.95. The number of fused-ring (bicyclic) bond motifs is 1. The topological polar surface area (TPSA) is 72.6 Å². The minimum Gasteiger partial charge on any atom is -0.495 e. The fourth-order valence-corrected chi connectivity index (χ4v) is 2.44. The van der Waals surface area contributed by atoms with Crippen molar-refractivity contribution in [2.24, 2.45) is 5.73 Å². The van der Waals surface area contributed by atoms with E-state index in [2.05, 4.69) is 0 Å². The number of carbonyl (C=O) groups excluding carboxylic acids is 2. The number of imide groups is 1. The molecule has 5 heteroatoms. The van der Waals surface area contributed by atoms with Crippen LogP contribution in [0.3, 0.4) is 0 Å². The Morgan fingerprint density at radius 2 is 1.67 bits per heavy atom. The molecule has 0 atom stereocenters. The summed E-state index contributed by atoms with van der Waals surface area (Å²) < 4.78 is 5.29. The largest absolute Gasteiger partial charge is 0.495 e. The average Bonchev–Trinajstić information content (AvgIpc) is 2.79. The molecule has 0 saturated carbocycles. The Hall–Kier alpha value is -2.66. The lowest BCUT2D eigenvalue weighted by atomic mass is 10.1. The first-order valence-corrected chi connectivity index (χ1v) is 6.52. The number of hydrogen-bond acceptors (Lipinski definition) is 4. The highest BCUT2D eigenvalue weighted by Gasteiger charge is 2.37. The highest BCUT2D eigenvalue weighted by Crippen LogP contribution is 2.35. The number of hydrogen-bond donors (Lipinski definition) is 1. The van der Waals surface area contributed by atoms with Crippen LogP contribution in [0.2, 0.25) is 0 Å². The molecule has 0 bridgehead atoms. The van der Waals surface area contributed by atoms with E-state index in [-0.39, 0.29) is 11.8 Å². The van der Waals surface area contributed by atoms with Gasteiger partial charge >= 0.3 is 0 Å². The molecule has 0 radical (unpaired) electrons. The molecule has 1 heterocycles. The van der Waals surface area contributed by atoms with Crippen molar-refractivity contribution in [2.45, 2.75) is 6.54 Å². The number of amides is 2. The van der Waals surface area contributed by atoms with E-state index in [0.29, 0.717) is 29.1 Å². The van der Waals surface area contributed by atoms with Crippen LogP contribution in [0.1, 0.15) is 26.3 Å². The third-order valence-corrected chi connectivity index (χ3v) is 3.51. The zero-order valence-corrected chi connectivity index (χ0v) is 11.5. The molecule has 0 aromatic heterocycles. The third kappa shape index (κ3) is 1.98. The Kier molecular flexibility index (Phi) is 3.19. The molecule has 0 spiro atoms. The first-order valence-electron chi connectivity index (χ1n) is 6.52. The molecule has 2 N–H and O–H groups in total. The summed E-state index contributed by atoms with van der Waals surface area (Å²) in [5.41, 5.74) is 7.72. The molecule has 2 aromatic carbocycles. The standard InChI is InChI=1S/C16H14N2O3/c1-21-14-8-10(9-17)6-7-13(14)18-15(19)11-4-2-3-5-12(11)16(18)20/h2-8H,9,17H2,1H3. The molecule has 2 amide bonds. The summed E-state index contributed by atoms with van der Waals surface area (Å²) in [5.74, 6) is -0.226. The zero-order chi connectivity index (χ0) is 15.0.